The summed E-state index contributed by atoms with van der Waals surface area (Å²) in [6, 6.07) is 10.3. The molecular weight excluding hydrogens is 488 g/mol. The van der Waals surface area contributed by atoms with Crippen LogP contribution >= 0.6 is 11.6 Å². The normalized spacial score (nSPS) is 22.8. The molecule has 0 spiro atoms. The first kappa shape index (κ1) is 23.9. The lowest BCUT2D eigenvalue weighted by Gasteiger charge is -2.39. The molecule has 4 N–H and O–H groups in total. The lowest BCUT2D eigenvalue weighted by atomic mass is 9.99. The van der Waals surface area contributed by atoms with Gasteiger partial charge in [0.25, 0.3) is 0 Å². The molecule has 2 bridgehead atoms. The number of nitrogens with one attached hydrogen (secondary N) is 1. The van der Waals surface area contributed by atoms with Gasteiger partial charge in [-0.2, -0.15) is 5.26 Å². The zero-order valence-electron chi connectivity index (χ0n) is 17.5. The van der Waals surface area contributed by atoms with Crippen LogP contribution in [0.1, 0.15) is 36.8 Å². The van der Waals surface area contributed by atoms with Crippen molar-refractivity contribution in [1.82, 2.24) is 4.72 Å². The third kappa shape index (κ3) is 4.87. The molecule has 0 saturated carbocycles. The maximum Gasteiger partial charge on any atom is 0.240 e. The van der Waals surface area contributed by atoms with E-state index in [0.717, 1.165) is 18.9 Å². The van der Waals surface area contributed by atoms with Crippen molar-refractivity contribution >= 4 is 37.3 Å². The van der Waals surface area contributed by atoms with Gasteiger partial charge in [-0.3, -0.25) is 0 Å². The van der Waals surface area contributed by atoms with E-state index in [1.165, 1.54) is 24.3 Å². The number of primary sulfonamides is 1. The molecule has 2 heterocycles. The van der Waals surface area contributed by atoms with Crippen LogP contribution in [-0.4, -0.2) is 40.1 Å². The van der Waals surface area contributed by atoms with Crippen molar-refractivity contribution in [3.63, 3.8) is 0 Å². The molecule has 0 aromatic heterocycles. The maximum absolute atomic E-state index is 12.9. The van der Waals surface area contributed by atoms with Crippen LogP contribution in [0.5, 0.6) is 0 Å². The Morgan fingerprint density at radius 3 is 2.36 bits per heavy atom. The quantitative estimate of drug-likeness (QED) is 0.535. The molecule has 12 heteroatoms. The summed E-state index contributed by atoms with van der Waals surface area (Å²) in [7, 11) is -8.30. The Bertz CT molecular complexity index is 1330. The molecule has 2 aliphatic heterocycles. The van der Waals surface area contributed by atoms with Crippen LogP contribution in [0.15, 0.2) is 46.2 Å². The van der Waals surface area contributed by atoms with E-state index >= 15 is 0 Å². The van der Waals surface area contributed by atoms with Crippen molar-refractivity contribution in [2.45, 2.75) is 60.2 Å². The van der Waals surface area contributed by atoms with Crippen molar-refractivity contribution in [3.05, 3.63) is 52.5 Å². The average molecular weight is 511 g/mol. The Balaban J connectivity index is 1.63. The largest absolute Gasteiger partial charge is 0.393 e. The molecular formula is C21H23ClN4O5S2. The smallest absolute Gasteiger partial charge is 0.240 e. The molecule has 2 aliphatic rings. The minimum absolute atomic E-state index is 0.0269. The lowest BCUT2D eigenvalue weighted by Crippen LogP contribution is -2.45. The predicted octanol–water partition coefficient (Wildman–Crippen LogP) is 1.83. The van der Waals surface area contributed by atoms with E-state index in [1.807, 2.05) is 11.0 Å². The first-order valence-corrected chi connectivity index (χ1v) is 13.7. The van der Waals surface area contributed by atoms with Crippen LogP contribution in [0.2, 0.25) is 5.02 Å². The Kier molecular flexibility index (Phi) is 6.43. The molecule has 4 rings (SSSR count). The standard InChI is InChI=1S/C21H23ClN4O5S2/c22-19-7-13(1-2-14(19)11-23)12-25-33(30,31)18-5-6-20(21(10-18)32(24,28)29)26-15-3-4-16(26)9-17(27)8-15/h1-2,5-7,10,15-17,25,27H,3-4,8-9,12H2,(H2,24,28,29)/t15-,16+,17?. The molecule has 2 fully saturated rings. The van der Waals surface area contributed by atoms with E-state index in [0.29, 0.717) is 24.1 Å². The van der Waals surface area contributed by atoms with E-state index in [1.54, 1.807) is 6.07 Å². The van der Waals surface area contributed by atoms with Gasteiger partial charge in [0.1, 0.15) is 11.0 Å². The van der Waals surface area contributed by atoms with Gasteiger partial charge in [-0.25, -0.2) is 26.7 Å². The summed E-state index contributed by atoms with van der Waals surface area (Å²) in [5.74, 6) is 0. The number of fused-ring (bicyclic) bond motifs is 2. The van der Waals surface area contributed by atoms with Gasteiger partial charge in [0.05, 0.1) is 27.3 Å². The number of hydrogen-bond acceptors (Lipinski definition) is 7. The Labute approximate surface area is 197 Å². The number of aliphatic hydroxyl groups excluding tert-OH is 1. The number of sulfonamides is 2. The topological polar surface area (TPSA) is 154 Å². The van der Waals surface area contributed by atoms with Gasteiger partial charge in [-0.1, -0.05) is 17.7 Å². The monoisotopic (exact) mass is 510 g/mol. The molecule has 2 aromatic carbocycles. The third-order valence-corrected chi connectivity index (χ3v) is 8.81. The van der Waals surface area contributed by atoms with E-state index in [-0.39, 0.29) is 39.0 Å². The molecule has 0 aliphatic carbocycles. The Hall–Kier alpha value is -2.20. The zero-order valence-corrected chi connectivity index (χ0v) is 19.9. The summed E-state index contributed by atoms with van der Waals surface area (Å²) < 4.78 is 53.0. The summed E-state index contributed by atoms with van der Waals surface area (Å²) in [5, 5.41) is 24.7. The summed E-state index contributed by atoms with van der Waals surface area (Å²) in [6.07, 6.45) is 2.25. The fraction of sp³-hybridized carbons (Fsp3) is 0.381. The second-order valence-corrected chi connectivity index (χ2v) is 12.0. The van der Waals surface area contributed by atoms with Crippen LogP contribution in [0.4, 0.5) is 5.69 Å². The minimum atomic E-state index is -4.22. The number of halogens is 1. The Morgan fingerprint density at radius 2 is 1.79 bits per heavy atom. The fourth-order valence-electron chi connectivity index (χ4n) is 4.67. The first-order chi connectivity index (χ1) is 15.5. The molecule has 176 valence electrons. The van der Waals surface area contributed by atoms with Crippen LogP contribution in [0, 0.1) is 11.3 Å². The number of nitriles is 1. The Morgan fingerprint density at radius 1 is 1.12 bits per heavy atom. The molecule has 33 heavy (non-hydrogen) atoms. The van der Waals surface area contributed by atoms with Crippen molar-refractivity contribution in [1.29, 1.82) is 5.26 Å². The van der Waals surface area contributed by atoms with Crippen molar-refractivity contribution in [2.24, 2.45) is 5.14 Å². The summed E-state index contributed by atoms with van der Waals surface area (Å²) in [4.78, 5) is 1.45. The highest BCUT2D eigenvalue weighted by molar-refractivity contribution is 7.90. The number of piperidine rings is 1. The molecule has 9 nitrogen and oxygen atoms in total. The van der Waals surface area contributed by atoms with Gasteiger partial charge in [0.2, 0.25) is 20.0 Å². The van der Waals surface area contributed by atoms with Gasteiger partial charge in [0, 0.05) is 18.6 Å². The predicted molar refractivity (Wildman–Crippen MR) is 123 cm³/mol. The van der Waals surface area contributed by atoms with Crippen molar-refractivity contribution in [2.75, 3.05) is 4.90 Å². The maximum atomic E-state index is 12.9. The lowest BCUT2D eigenvalue weighted by molar-refractivity contribution is 0.126. The number of anilines is 1. The number of aliphatic hydroxyl groups is 1. The molecule has 3 atom stereocenters. The van der Waals surface area contributed by atoms with Crippen molar-refractivity contribution < 1.29 is 21.9 Å². The van der Waals surface area contributed by atoms with Gasteiger partial charge >= 0.3 is 0 Å². The van der Waals surface area contributed by atoms with Crippen LogP contribution in [-0.2, 0) is 26.6 Å². The molecule has 1 unspecified atom stereocenters. The van der Waals surface area contributed by atoms with Crippen LogP contribution < -0.4 is 14.8 Å². The van der Waals surface area contributed by atoms with E-state index < -0.39 is 26.2 Å². The average Bonchev–Trinajstić information content (AvgIpc) is 3.02. The minimum Gasteiger partial charge on any atom is -0.393 e. The third-order valence-electron chi connectivity index (χ3n) is 6.15. The number of rotatable bonds is 6. The highest BCUT2D eigenvalue weighted by Gasteiger charge is 2.42. The zero-order chi connectivity index (χ0) is 24.0. The second-order valence-electron chi connectivity index (χ2n) is 8.34. The summed E-state index contributed by atoms with van der Waals surface area (Å²) >= 11 is 6.00. The SMILES string of the molecule is N#Cc1ccc(CNS(=O)(=O)c2ccc(N3[C@@H]4CC[C@H]3CC(O)C4)c(S(N)(=O)=O)c2)cc1Cl. The second kappa shape index (κ2) is 8.87. The van der Waals surface area contributed by atoms with E-state index in [2.05, 4.69) is 4.72 Å². The number of nitrogens with zero attached hydrogens (tertiary/aromatic N) is 2. The summed E-state index contributed by atoms with van der Waals surface area (Å²) in [5.41, 5.74) is 1.17. The van der Waals surface area contributed by atoms with Crippen molar-refractivity contribution in [3.8, 4) is 6.07 Å². The molecule has 2 saturated heterocycles. The fourth-order valence-corrected chi connectivity index (χ4v) is 6.79. The molecule has 2 aromatic rings. The van der Waals surface area contributed by atoms with Crippen LogP contribution in [0.3, 0.4) is 0 Å². The van der Waals surface area contributed by atoms with E-state index in [9.17, 15) is 21.9 Å². The number of benzene rings is 2. The van der Waals surface area contributed by atoms with Gasteiger partial charge in [0.15, 0.2) is 0 Å². The summed E-state index contributed by atoms with van der Waals surface area (Å²) in [6.45, 7) is -0.103. The number of nitrogens with two attached hydrogens (primary N) is 1. The van der Waals surface area contributed by atoms with Gasteiger partial charge in [-0.15, -0.1) is 0 Å². The van der Waals surface area contributed by atoms with Crippen LogP contribution in [0.25, 0.3) is 0 Å². The number of hydrogen-bond donors (Lipinski definition) is 3. The first-order valence-electron chi connectivity index (χ1n) is 10.3. The molecule has 0 radical (unpaired) electrons. The van der Waals surface area contributed by atoms with Gasteiger partial charge < -0.3 is 10.0 Å². The highest BCUT2D eigenvalue weighted by atomic mass is 35.5. The van der Waals surface area contributed by atoms with Gasteiger partial charge in [-0.05, 0) is 61.6 Å². The van der Waals surface area contributed by atoms with E-state index in [4.69, 9.17) is 22.0 Å². The highest BCUT2D eigenvalue weighted by Crippen LogP contribution is 2.42. The molecule has 0 amide bonds.